The first-order chi connectivity index (χ1) is 18.7. The molecule has 216 valence electrons. The quantitative estimate of drug-likeness (QED) is 0.247. The zero-order chi connectivity index (χ0) is 27.8. The first-order valence-corrected chi connectivity index (χ1v) is 17.1. The molecule has 0 bridgehead atoms. The molecular formula is C34H52O4Si. The van der Waals surface area contributed by atoms with Crippen LogP contribution in [0.25, 0.3) is 0 Å². The molecule has 0 radical (unpaired) electrons. The normalized spacial score (nSPS) is 28.2. The fourth-order valence-corrected chi connectivity index (χ4v) is 8.95. The molecule has 2 aliphatic carbocycles. The second-order valence-electron chi connectivity index (χ2n) is 13.0. The molecule has 4 nitrogen and oxygen atoms in total. The molecule has 0 spiro atoms. The van der Waals surface area contributed by atoms with Crippen molar-refractivity contribution >= 4 is 9.05 Å². The number of hydrogen-bond donors (Lipinski definition) is 0. The fraction of sp³-hybridized carbons (Fsp3) is 0.647. The van der Waals surface area contributed by atoms with Crippen LogP contribution >= 0.6 is 0 Å². The van der Waals surface area contributed by atoms with E-state index in [1.54, 1.807) is 0 Å². The molecule has 0 aromatic heterocycles. The van der Waals surface area contributed by atoms with E-state index in [4.69, 9.17) is 17.7 Å². The maximum atomic E-state index is 7.21. The minimum atomic E-state index is -3.57. The highest BCUT2D eigenvalue weighted by molar-refractivity contribution is 6.53. The third-order valence-electron chi connectivity index (χ3n) is 9.03. The Morgan fingerprint density at radius 3 is 1.36 bits per heavy atom. The second kappa shape index (κ2) is 14.4. The molecular weight excluding hydrogens is 500 g/mol. The van der Waals surface area contributed by atoms with Crippen LogP contribution in [-0.4, -0.2) is 21.3 Å². The predicted octanol–water partition coefficient (Wildman–Crippen LogP) is 8.81. The Bertz CT molecular complexity index is 886. The summed E-state index contributed by atoms with van der Waals surface area (Å²) >= 11 is 0. The molecule has 2 fully saturated rings. The lowest BCUT2D eigenvalue weighted by Crippen LogP contribution is -2.57. The molecule has 6 unspecified atom stereocenters. The first kappa shape index (κ1) is 30.5. The van der Waals surface area contributed by atoms with Gasteiger partial charge in [0.2, 0.25) is 0 Å². The number of benzene rings is 2. The van der Waals surface area contributed by atoms with Crippen molar-refractivity contribution < 1.29 is 17.7 Å². The minimum Gasteiger partial charge on any atom is -0.348 e. The van der Waals surface area contributed by atoms with E-state index < -0.39 is 9.05 Å². The summed E-state index contributed by atoms with van der Waals surface area (Å²) in [6.45, 7) is 14.9. The average Bonchev–Trinajstić information content (AvgIpc) is 2.92. The highest BCUT2D eigenvalue weighted by Crippen LogP contribution is 2.41. The molecule has 0 aliphatic heterocycles. The lowest BCUT2D eigenvalue weighted by molar-refractivity contribution is -0.123. The van der Waals surface area contributed by atoms with Crippen molar-refractivity contribution in [1.82, 2.24) is 0 Å². The molecule has 2 aliphatic rings. The van der Waals surface area contributed by atoms with Crippen LogP contribution in [0, 0.1) is 35.5 Å². The summed E-state index contributed by atoms with van der Waals surface area (Å²) in [5.74, 6) is 3.27. The smallest absolute Gasteiger partial charge is 0.348 e. The van der Waals surface area contributed by atoms with Gasteiger partial charge in [0.05, 0.1) is 25.4 Å². The molecule has 0 heterocycles. The molecule has 2 aromatic carbocycles. The summed E-state index contributed by atoms with van der Waals surface area (Å²) in [5, 5.41) is 0. The van der Waals surface area contributed by atoms with Crippen LogP contribution in [0.5, 0.6) is 0 Å². The highest BCUT2D eigenvalue weighted by atomic mass is 28.4. The van der Waals surface area contributed by atoms with Gasteiger partial charge in [-0.3, -0.25) is 0 Å². The van der Waals surface area contributed by atoms with Gasteiger partial charge in [-0.15, -0.1) is 0 Å². The first-order valence-electron chi connectivity index (χ1n) is 15.5. The summed E-state index contributed by atoms with van der Waals surface area (Å²) in [6.07, 6.45) is 7.07. The van der Waals surface area contributed by atoms with Crippen LogP contribution in [0.4, 0.5) is 0 Å². The van der Waals surface area contributed by atoms with Crippen molar-refractivity contribution in [3.63, 3.8) is 0 Å². The largest absolute Gasteiger partial charge is 0.680 e. The SMILES string of the molecule is CC1CCC(C(C)C)C(O[Si](OCc2ccccc2)(OCc2ccccc2)OC2CC(C)CCC2C(C)C)C1. The van der Waals surface area contributed by atoms with E-state index >= 15 is 0 Å². The summed E-state index contributed by atoms with van der Waals surface area (Å²) in [5.41, 5.74) is 2.22. The lowest BCUT2D eigenvalue weighted by Gasteiger charge is -2.44. The monoisotopic (exact) mass is 552 g/mol. The summed E-state index contributed by atoms with van der Waals surface area (Å²) < 4.78 is 28.1. The Morgan fingerprint density at radius 1 is 0.615 bits per heavy atom. The third-order valence-corrected chi connectivity index (χ3v) is 11.2. The zero-order valence-corrected chi connectivity index (χ0v) is 26.2. The molecule has 2 saturated carbocycles. The zero-order valence-electron chi connectivity index (χ0n) is 25.2. The minimum absolute atomic E-state index is 0.0745. The lowest BCUT2D eigenvalue weighted by atomic mass is 9.75. The van der Waals surface area contributed by atoms with Gasteiger partial charge in [-0.05, 0) is 72.3 Å². The van der Waals surface area contributed by atoms with E-state index in [1.165, 1.54) is 25.7 Å². The Kier molecular flexibility index (Phi) is 11.3. The van der Waals surface area contributed by atoms with Crippen LogP contribution in [0.15, 0.2) is 60.7 Å². The van der Waals surface area contributed by atoms with Gasteiger partial charge in [0.1, 0.15) is 0 Å². The van der Waals surface area contributed by atoms with Crippen molar-refractivity contribution in [1.29, 1.82) is 0 Å². The average molecular weight is 553 g/mol. The Labute approximate surface area is 239 Å². The van der Waals surface area contributed by atoms with Gasteiger partial charge in [-0.25, -0.2) is 0 Å². The van der Waals surface area contributed by atoms with Crippen molar-refractivity contribution in [2.75, 3.05) is 0 Å². The topological polar surface area (TPSA) is 36.9 Å². The summed E-state index contributed by atoms with van der Waals surface area (Å²) in [7, 11) is -3.57. The van der Waals surface area contributed by atoms with E-state index in [9.17, 15) is 0 Å². The van der Waals surface area contributed by atoms with Crippen LogP contribution < -0.4 is 0 Å². The van der Waals surface area contributed by atoms with Crippen molar-refractivity contribution in [2.24, 2.45) is 35.5 Å². The Morgan fingerprint density at radius 2 is 1.00 bits per heavy atom. The molecule has 0 N–H and O–H groups in total. The third kappa shape index (κ3) is 8.74. The van der Waals surface area contributed by atoms with Gasteiger partial charge in [0.15, 0.2) is 0 Å². The fourth-order valence-electron chi connectivity index (χ4n) is 6.57. The number of rotatable bonds is 12. The number of hydrogen-bond acceptors (Lipinski definition) is 4. The van der Waals surface area contributed by atoms with Gasteiger partial charge in [0.25, 0.3) is 0 Å². The van der Waals surface area contributed by atoms with Crippen molar-refractivity contribution in [3.8, 4) is 0 Å². The van der Waals surface area contributed by atoms with Gasteiger partial charge >= 0.3 is 9.05 Å². The van der Waals surface area contributed by atoms with E-state index in [0.29, 0.717) is 48.7 Å². The standard InChI is InChI=1S/C34H52O4Si/c1-25(2)31-19-17-27(5)21-33(31)37-39(35-23-29-13-9-7-10-14-29,36-24-30-15-11-8-12-16-30)38-34-22-28(6)18-20-32(34)26(3)4/h7-16,25-28,31-34H,17-24H2,1-6H3. The molecule has 6 atom stereocenters. The van der Waals surface area contributed by atoms with E-state index in [1.807, 2.05) is 12.1 Å². The van der Waals surface area contributed by atoms with Gasteiger partial charge in [0, 0.05) is 0 Å². The highest BCUT2D eigenvalue weighted by Gasteiger charge is 2.53. The van der Waals surface area contributed by atoms with Crippen molar-refractivity contribution in [3.05, 3.63) is 71.8 Å². The Balaban J connectivity index is 1.69. The van der Waals surface area contributed by atoms with E-state index in [0.717, 1.165) is 24.0 Å². The summed E-state index contributed by atoms with van der Waals surface area (Å²) in [6, 6.07) is 20.7. The molecule has 4 rings (SSSR count). The van der Waals surface area contributed by atoms with Crippen LogP contribution in [-0.2, 0) is 30.9 Å². The predicted molar refractivity (Wildman–Crippen MR) is 161 cm³/mol. The molecule has 0 amide bonds. The van der Waals surface area contributed by atoms with Crippen LogP contribution in [0.3, 0.4) is 0 Å². The molecule has 5 heteroatoms. The van der Waals surface area contributed by atoms with Crippen molar-refractivity contribution in [2.45, 2.75) is 105 Å². The van der Waals surface area contributed by atoms with Crippen LogP contribution in [0.2, 0.25) is 0 Å². The molecule has 39 heavy (non-hydrogen) atoms. The molecule has 2 aromatic rings. The van der Waals surface area contributed by atoms with Gasteiger partial charge in [-0.2, -0.15) is 0 Å². The van der Waals surface area contributed by atoms with Gasteiger partial charge < -0.3 is 17.7 Å². The summed E-state index contributed by atoms with van der Waals surface area (Å²) in [4.78, 5) is 0. The van der Waals surface area contributed by atoms with Crippen LogP contribution in [0.1, 0.15) is 91.2 Å². The van der Waals surface area contributed by atoms with E-state index in [-0.39, 0.29) is 12.2 Å². The second-order valence-corrected chi connectivity index (χ2v) is 15.1. The Hall–Kier alpha value is -1.50. The molecule has 0 saturated heterocycles. The maximum Gasteiger partial charge on any atom is 0.680 e. The van der Waals surface area contributed by atoms with Gasteiger partial charge in [-0.1, -0.05) is 115 Å². The van der Waals surface area contributed by atoms with E-state index in [2.05, 4.69) is 90.1 Å². The maximum absolute atomic E-state index is 7.21.